The van der Waals surface area contributed by atoms with Gasteiger partial charge < -0.3 is 15.5 Å². The quantitative estimate of drug-likeness (QED) is 0.848. The van der Waals surface area contributed by atoms with E-state index in [-0.39, 0.29) is 11.9 Å². The number of rotatable bonds is 4. The van der Waals surface area contributed by atoms with Crippen LogP contribution < -0.4 is 10.6 Å². The summed E-state index contributed by atoms with van der Waals surface area (Å²) in [6.07, 6.45) is 3.14. The number of carbonyl (C=O) groups is 2. The summed E-state index contributed by atoms with van der Waals surface area (Å²) >= 11 is 0. The van der Waals surface area contributed by atoms with Crippen molar-refractivity contribution in [2.75, 3.05) is 36.8 Å². The number of nitrogens with one attached hydrogen (secondary N) is 2. The van der Waals surface area contributed by atoms with Crippen LogP contribution in [0.2, 0.25) is 0 Å². The average molecular weight is 385 g/mol. The molecule has 8 heteroatoms. The Bertz CT molecular complexity index is 838. The van der Waals surface area contributed by atoms with Gasteiger partial charge in [0.1, 0.15) is 5.82 Å². The summed E-state index contributed by atoms with van der Waals surface area (Å²) in [6, 6.07) is 7.46. The van der Waals surface area contributed by atoms with E-state index >= 15 is 0 Å². The molecule has 0 radical (unpaired) electrons. The number of nitrogens with zero attached hydrogens (tertiary/aromatic N) is 3. The molecular formula is C20H24FN5O2. The van der Waals surface area contributed by atoms with Crippen LogP contribution in [0, 0.1) is 5.82 Å². The number of carbonyl (C=O) groups excluding carboxylic acids is 2. The highest BCUT2D eigenvalue weighted by Gasteiger charge is 2.23. The minimum absolute atomic E-state index is 0.0354. The second kappa shape index (κ2) is 8.79. The molecule has 2 N–H and O–H groups in total. The SMILES string of the molecule is CC(=O)N1CCN(C(C)c2cc(F)cc(NC(=O)Nc3cccnc3)c2)CC1. The number of aromatic nitrogens is 1. The van der Waals surface area contributed by atoms with Crippen molar-refractivity contribution in [3.63, 3.8) is 0 Å². The second-order valence-corrected chi connectivity index (χ2v) is 6.81. The molecule has 3 amide bonds. The molecule has 1 unspecified atom stereocenters. The van der Waals surface area contributed by atoms with Crippen molar-refractivity contribution in [2.45, 2.75) is 19.9 Å². The van der Waals surface area contributed by atoms with E-state index in [1.54, 1.807) is 31.3 Å². The largest absolute Gasteiger partial charge is 0.340 e. The van der Waals surface area contributed by atoms with E-state index in [1.165, 1.54) is 18.3 Å². The molecule has 0 spiro atoms. The Kier molecular flexibility index (Phi) is 6.20. The number of hydrogen-bond donors (Lipinski definition) is 2. The summed E-state index contributed by atoms with van der Waals surface area (Å²) in [4.78, 5) is 31.6. The van der Waals surface area contributed by atoms with Crippen LogP contribution in [0.5, 0.6) is 0 Å². The maximum Gasteiger partial charge on any atom is 0.323 e. The molecule has 28 heavy (non-hydrogen) atoms. The van der Waals surface area contributed by atoms with Gasteiger partial charge in [-0.3, -0.25) is 14.7 Å². The highest BCUT2D eigenvalue weighted by Crippen LogP contribution is 2.25. The molecule has 0 bridgehead atoms. The van der Waals surface area contributed by atoms with E-state index in [4.69, 9.17) is 0 Å². The predicted molar refractivity (Wildman–Crippen MR) is 106 cm³/mol. The minimum Gasteiger partial charge on any atom is -0.340 e. The third kappa shape index (κ3) is 5.04. The normalized spacial score (nSPS) is 15.8. The molecule has 1 aromatic heterocycles. The van der Waals surface area contributed by atoms with Gasteiger partial charge in [0, 0.05) is 51.0 Å². The number of hydrogen-bond acceptors (Lipinski definition) is 4. The number of anilines is 2. The Balaban J connectivity index is 1.65. The molecule has 0 aliphatic carbocycles. The fourth-order valence-electron chi connectivity index (χ4n) is 3.29. The van der Waals surface area contributed by atoms with Crippen molar-refractivity contribution in [3.05, 3.63) is 54.1 Å². The van der Waals surface area contributed by atoms with E-state index in [2.05, 4.69) is 20.5 Å². The first-order valence-corrected chi connectivity index (χ1v) is 9.20. The first-order valence-electron chi connectivity index (χ1n) is 9.20. The fraction of sp³-hybridized carbons (Fsp3) is 0.350. The van der Waals surface area contributed by atoms with Crippen LogP contribution in [-0.4, -0.2) is 52.9 Å². The highest BCUT2D eigenvalue weighted by atomic mass is 19.1. The van der Waals surface area contributed by atoms with Gasteiger partial charge in [-0.05, 0) is 42.8 Å². The number of urea groups is 1. The molecular weight excluding hydrogens is 361 g/mol. The van der Waals surface area contributed by atoms with Crippen molar-refractivity contribution >= 4 is 23.3 Å². The van der Waals surface area contributed by atoms with Gasteiger partial charge in [0.15, 0.2) is 0 Å². The lowest BCUT2D eigenvalue weighted by atomic mass is 10.0. The summed E-state index contributed by atoms with van der Waals surface area (Å²) < 4.78 is 14.1. The monoisotopic (exact) mass is 385 g/mol. The third-order valence-electron chi connectivity index (χ3n) is 4.89. The van der Waals surface area contributed by atoms with Gasteiger partial charge in [0.05, 0.1) is 11.9 Å². The predicted octanol–water partition coefficient (Wildman–Crippen LogP) is 3.09. The van der Waals surface area contributed by atoms with Crippen LogP contribution >= 0.6 is 0 Å². The third-order valence-corrected chi connectivity index (χ3v) is 4.89. The van der Waals surface area contributed by atoms with Gasteiger partial charge in [-0.15, -0.1) is 0 Å². The zero-order chi connectivity index (χ0) is 20.1. The molecule has 7 nitrogen and oxygen atoms in total. The smallest absolute Gasteiger partial charge is 0.323 e. The van der Waals surface area contributed by atoms with Crippen LogP contribution in [0.3, 0.4) is 0 Å². The Morgan fingerprint density at radius 1 is 1.11 bits per heavy atom. The van der Waals surface area contributed by atoms with Crippen LogP contribution in [0.1, 0.15) is 25.5 Å². The first kappa shape index (κ1) is 19.8. The lowest BCUT2D eigenvalue weighted by Gasteiger charge is -2.38. The fourth-order valence-corrected chi connectivity index (χ4v) is 3.29. The molecule has 1 atom stereocenters. The van der Waals surface area contributed by atoms with Gasteiger partial charge >= 0.3 is 6.03 Å². The second-order valence-electron chi connectivity index (χ2n) is 6.81. The zero-order valence-corrected chi connectivity index (χ0v) is 16.0. The molecule has 1 aliphatic heterocycles. The summed E-state index contributed by atoms with van der Waals surface area (Å²) in [5.74, 6) is -0.340. The van der Waals surface area contributed by atoms with Crippen LogP contribution in [0.4, 0.5) is 20.6 Å². The molecule has 2 heterocycles. The molecule has 1 aromatic carbocycles. The number of benzene rings is 1. The molecule has 1 aliphatic rings. The summed E-state index contributed by atoms with van der Waals surface area (Å²) in [5.41, 5.74) is 1.70. The Labute approximate surface area is 163 Å². The molecule has 3 rings (SSSR count). The van der Waals surface area contributed by atoms with Crippen LogP contribution in [0.15, 0.2) is 42.7 Å². The van der Waals surface area contributed by atoms with Gasteiger partial charge in [0.25, 0.3) is 0 Å². The first-order chi connectivity index (χ1) is 13.4. The molecule has 0 saturated carbocycles. The Morgan fingerprint density at radius 3 is 2.46 bits per heavy atom. The van der Waals surface area contributed by atoms with Crippen molar-refractivity contribution in [1.29, 1.82) is 0 Å². The van der Waals surface area contributed by atoms with E-state index in [9.17, 15) is 14.0 Å². The Morgan fingerprint density at radius 2 is 1.82 bits per heavy atom. The van der Waals surface area contributed by atoms with Gasteiger partial charge in [-0.25, -0.2) is 9.18 Å². The summed E-state index contributed by atoms with van der Waals surface area (Å²) in [7, 11) is 0. The van der Waals surface area contributed by atoms with Crippen molar-refractivity contribution in [1.82, 2.24) is 14.8 Å². The van der Waals surface area contributed by atoms with Crippen molar-refractivity contribution < 1.29 is 14.0 Å². The standard InChI is InChI=1S/C20H24FN5O2/c1-14(25-6-8-26(9-7-25)15(2)27)16-10-17(21)12-19(11-16)24-20(28)23-18-4-3-5-22-13-18/h3-5,10-14H,6-9H2,1-2H3,(H2,23,24,28). The highest BCUT2D eigenvalue weighted by molar-refractivity contribution is 5.99. The van der Waals surface area contributed by atoms with E-state index < -0.39 is 11.8 Å². The van der Waals surface area contributed by atoms with Gasteiger partial charge in [-0.2, -0.15) is 0 Å². The lowest BCUT2D eigenvalue weighted by Crippen LogP contribution is -2.48. The maximum atomic E-state index is 14.1. The number of piperazine rings is 1. The average Bonchev–Trinajstić information content (AvgIpc) is 2.67. The van der Waals surface area contributed by atoms with E-state index in [1.807, 2.05) is 11.8 Å². The van der Waals surface area contributed by atoms with E-state index in [0.717, 1.165) is 18.7 Å². The number of amides is 3. The van der Waals surface area contributed by atoms with E-state index in [0.29, 0.717) is 24.5 Å². The number of halogens is 1. The van der Waals surface area contributed by atoms with Crippen molar-refractivity contribution in [2.24, 2.45) is 0 Å². The minimum atomic E-state index is -0.465. The molecule has 148 valence electrons. The molecule has 1 fully saturated rings. The van der Waals surface area contributed by atoms with Crippen LogP contribution in [-0.2, 0) is 4.79 Å². The Hall–Kier alpha value is -3.00. The van der Waals surface area contributed by atoms with Crippen molar-refractivity contribution in [3.8, 4) is 0 Å². The van der Waals surface area contributed by atoms with Crippen LogP contribution in [0.25, 0.3) is 0 Å². The topological polar surface area (TPSA) is 77.6 Å². The maximum absolute atomic E-state index is 14.1. The molecule has 2 aromatic rings. The van der Waals surface area contributed by atoms with Gasteiger partial charge in [0.2, 0.25) is 5.91 Å². The summed E-state index contributed by atoms with van der Waals surface area (Å²) in [6.45, 7) is 6.34. The summed E-state index contributed by atoms with van der Waals surface area (Å²) in [5, 5.41) is 5.32. The number of pyridine rings is 1. The zero-order valence-electron chi connectivity index (χ0n) is 16.0. The van der Waals surface area contributed by atoms with Gasteiger partial charge in [-0.1, -0.05) is 0 Å². The molecule has 1 saturated heterocycles. The lowest BCUT2D eigenvalue weighted by molar-refractivity contribution is -0.130.